The number of pyridine rings is 2. The van der Waals surface area contributed by atoms with Crippen LogP contribution >= 0.6 is 0 Å². The van der Waals surface area contributed by atoms with Crippen LogP contribution in [-0.2, 0) is 13.1 Å². The third-order valence-electron chi connectivity index (χ3n) is 12.8. The lowest BCUT2D eigenvalue weighted by Gasteiger charge is -2.26. The molecule has 2 aliphatic rings. The molecule has 2 aliphatic carbocycles. The van der Waals surface area contributed by atoms with Crippen molar-refractivity contribution in [3.63, 3.8) is 0 Å². The smallest absolute Gasteiger partial charge is 0.255 e. The van der Waals surface area contributed by atoms with Crippen molar-refractivity contribution in [1.82, 2.24) is 40.2 Å². The van der Waals surface area contributed by atoms with Crippen LogP contribution in [0.4, 0.5) is 11.4 Å². The summed E-state index contributed by atoms with van der Waals surface area (Å²) in [6, 6.07) is 15.5. The van der Waals surface area contributed by atoms with Crippen LogP contribution in [0, 0.1) is 0 Å². The highest BCUT2D eigenvalue weighted by atomic mass is 16.5. The van der Waals surface area contributed by atoms with Gasteiger partial charge in [-0.25, -0.2) is 19.3 Å². The van der Waals surface area contributed by atoms with Crippen LogP contribution in [0.3, 0.4) is 0 Å². The van der Waals surface area contributed by atoms with Gasteiger partial charge in [0.25, 0.3) is 11.8 Å². The molecule has 0 radical (unpaired) electrons. The molecule has 6 aromatic rings. The first-order chi connectivity index (χ1) is 33.6. The van der Waals surface area contributed by atoms with Crippen molar-refractivity contribution >= 4 is 56.7 Å². The summed E-state index contributed by atoms with van der Waals surface area (Å²) in [6.45, 7) is 14.6. The molecule has 18 nitrogen and oxygen atoms in total. The van der Waals surface area contributed by atoms with E-state index in [1.165, 1.54) is 0 Å². The van der Waals surface area contributed by atoms with Crippen molar-refractivity contribution in [3.8, 4) is 11.5 Å². The van der Waals surface area contributed by atoms with Crippen LogP contribution in [0.2, 0.25) is 0 Å². The molecule has 2 fully saturated rings. The number of benzene rings is 2. The largest absolute Gasteiger partial charge is 0.494 e. The summed E-state index contributed by atoms with van der Waals surface area (Å²) in [4.78, 5) is 35.9. The average molecular weight is 943 g/mol. The maximum absolute atomic E-state index is 13.4. The van der Waals surface area contributed by atoms with Gasteiger partial charge in [0.1, 0.15) is 11.5 Å². The van der Waals surface area contributed by atoms with Gasteiger partial charge in [0, 0.05) is 37.6 Å². The molecule has 2 aromatic carbocycles. The van der Waals surface area contributed by atoms with E-state index in [2.05, 4.69) is 58.7 Å². The molecule has 2 saturated carbocycles. The number of nitrogens with one attached hydrogen (secondary N) is 4. The Labute approximate surface area is 403 Å². The predicted octanol–water partition coefficient (Wildman–Crippen LogP) is 9.44. The van der Waals surface area contributed by atoms with Gasteiger partial charge in [-0.3, -0.25) is 9.59 Å². The monoisotopic (exact) mass is 943 g/mol. The number of anilines is 2. The van der Waals surface area contributed by atoms with Crippen molar-refractivity contribution < 1.29 is 29.5 Å². The number of aromatic nitrogens is 6. The normalized spacial score (nSPS) is 16.7. The zero-order valence-corrected chi connectivity index (χ0v) is 40.5. The Morgan fingerprint density at radius 1 is 0.638 bits per heavy atom. The molecule has 0 spiro atoms. The van der Waals surface area contributed by atoms with E-state index in [0.29, 0.717) is 37.4 Å². The van der Waals surface area contributed by atoms with Gasteiger partial charge in [-0.1, -0.05) is 41.5 Å². The summed E-state index contributed by atoms with van der Waals surface area (Å²) < 4.78 is 14.8. The molecule has 4 aromatic heterocycles. The minimum Gasteiger partial charge on any atom is -0.494 e. The van der Waals surface area contributed by atoms with E-state index in [-0.39, 0.29) is 36.0 Å². The van der Waals surface area contributed by atoms with Crippen LogP contribution in [0.5, 0.6) is 11.5 Å². The molecule has 4 heterocycles. The Bertz CT molecular complexity index is 2710. The van der Waals surface area contributed by atoms with Crippen LogP contribution in [0.15, 0.2) is 83.6 Å². The van der Waals surface area contributed by atoms with Gasteiger partial charge in [0.2, 0.25) is 0 Å². The molecular formula is C51H66N12O6. The molecule has 366 valence electrons. The molecule has 69 heavy (non-hydrogen) atoms. The van der Waals surface area contributed by atoms with E-state index < -0.39 is 0 Å². The van der Waals surface area contributed by atoms with E-state index in [9.17, 15) is 9.59 Å². The molecule has 0 aliphatic heterocycles. The fourth-order valence-corrected chi connectivity index (χ4v) is 8.78. The van der Waals surface area contributed by atoms with Crippen molar-refractivity contribution in [3.05, 3.63) is 95.6 Å². The number of oxime groups is 2. The van der Waals surface area contributed by atoms with Crippen LogP contribution in [0.1, 0.15) is 143 Å². The topological polar surface area (TPSA) is 227 Å². The molecule has 6 N–H and O–H groups in total. The number of carbonyl (C=O) groups excluding carboxylic acids is 2. The lowest BCUT2D eigenvalue weighted by Crippen LogP contribution is -2.30. The highest BCUT2D eigenvalue weighted by Crippen LogP contribution is 2.32. The molecule has 8 rings (SSSR count). The first-order valence-electron chi connectivity index (χ1n) is 24.3. The Balaban J connectivity index is 0.000000204. The standard InChI is InChI=1S/C26H34N6O3.C25H32N6O3/c1-4-14-35-21-12-6-18(7-13-21)17(3)29-26(33)23-15-27-25-22(16-28-32(25)5-2)24(23)30-19-8-10-20(31-34)11-9-19;1-4-31-24-21(15-27-31)23(29-18-8-10-19(30-33)11-9-18)22(14-26-24)25(32)28-16(3)17-6-12-20(13-7-17)34-5-2/h6-7,12-13,15-17,19,34H,4-5,8-11,14H2,1-3H3,(H,27,30)(H,29,33);6-7,12-16,18,33H,4-5,8-11H2,1-3H3,(H,26,29)(H,28,32). The zero-order valence-electron chi connectivity index (χ0n) is 40.5. The van der Waals surface area contributed by atoms with E-state index in [0.717, 1.165) is 125 Å². The number of fused-ring (bicyclic) bond motifs is 2. The van der Waals surface area contributed by atoms with E-state index >= 15 is 0 Å². The Hall–Kier alpha value is -7.24. The second kappa shape index (κ2) is 23.7. The van der Waals surface area contributed by atoms with E-state index in [4.69, 9.17) is 19.9 Å². The number of hydrogen-bond donors (Lipinski definition) is 6. The van der Waals surface area contributed by atoms with Crippen molar-refractivity contribution in [2.75, 3.05) is 23.8 Å². The van der Waals surface area contributed by atoms with Gasteiger partial charge < -0.3 is 41.2 Å². The van der Waals surface area contributed by atoms with Crippen LogP contribution < -0.4 is 30.7 Å². The maximum atomic E-state index is 13.4. The number of amides is 2. The molecule has 2 unspecified atom stereocenters. The van der Waals surface area contributed by atoms with E-state index in [1.807, 2.05) is 92.5 Å². The van der Waals surface area contributed by atoms with Gasteiger partial charge in [0.05, 0.1) is 82.4 Å². The second-order valence-electron chi connectivity index (χ2n) is 17.5. The third-order valence-corrected chi connectivity index (χ3v) is 12.8. The molecule has 2 atom stereocenters. The fourth-order valence-electron chi connectivity index (χ4n) is 8.78. The van der Waals surface area contributed by atoms with Gasteiger partial charge in [-0.2, -0.15) is 10.2 Å². The van der Waals surface area contributed by atoms with Crippen LogP contribution in [0.25, 0.3) is 22.1 Å². The number of hydrogen-bond acceptors (Lipinski definition) is 14. The van der Waals surface area contributed by atoms with E-state index in [1.54, 1.807) is 24.8 Å². The maximum Gasteiger partial charge on any atom is 0.255 e. The number of aryl methyl sites for hydroxylation is 2. The van der Waals surface area contributed by atoms with Gasteiger partial charge in [-0.05, 0) is 128 Å². The molecule has 18 heteroatoms. The lowest BCUT2D eigenvalue weighted by molar-refractivity contribution is 0.0932. The van der Waals surface area contributed by atoms with Crippen molar-refractivity contribution in [2.24, 2.45) is 10.3 Å². The third kappa shape index (κ3) is 12.1. The molecular weight excluding hydrogens is 877 g/mol. The molecule has 0 saturated heterocycles. The van der Waals surface area contributed by atoms with Crippen molar-refractivity contribution in [2.45, 2.75) is 137 Å². The highest BCUT2D eigenvalue weighted by molar-refractivity contribution is 6.07. The summed E-state index contributed by atoms with van der Waals surface area (Å²) in [7, 11) is 0. The number of rotatable bonds is 17. The Morgan fingerprint density at radius 3 is 1.41 bits per heavy atom. The average Bonchev–Trinajstić information content (AvgIpc) is 4.01. The summed E-state index contributed by atoms with van der Waals surface area (Å²) in [5, 5.41) is 48.8. The number of nitrogens with zero attached hydrogens (tertiary/aromatic N) is 8. The summed E-state index contributed by atoms with van der Waals surface area (Å²) in [6.07, 6.45) is 14.0. The zero-order chi connectivity index (χ0) is 48.9. The van der Waals surface area contributed by atoms with Gasteiger partial charge in [0.15, 0.2) is 11.3 Å². The molecule has 0 bridgehead atoms. The lowest BCUT2D eigenvalue weighted by atomic mass is 9.93. The van der Waals surface area contributed by atoms with Crippen LogP contribution in [-0.4, -0.2) is 88.5 Å². The highest BCUT2D eigenvalue weighted by Gasteiger charge is 2.26. The van der Waals surface area contributed by atoms with Crippen molar-refractivity contribution in [1.29, 1.82) is 0 Å². The Kier molecular flexibility index (Phi) is 17.0. The van der Waals surface area contributed by atoms with Gasteiger partial charge in [-0.15, -0.1) is 0 Å². The summed E-state index contributed by atoms with van der Waals surface area (Å²) in [5.74, 6) is 1.24. The quantitative estimate of drug-likeness (QED) is 0.0371. The minimum absolute atomic E-state index is 0.163. The van der Waals surface area contributed by atoms with Gasteiger partial charge >= 0.3 is 0 Å². The SMILES string of the molecule is CCCOc1ccc(C(C)NC(=O)c2cnc3c(cnn3CC)c2NC2CCC(=NO)CC2)cc1.CCOc1ccc(C(C)NC(=O)c2cnc3c(cnn3CC)c2NC2CCC(=NO)CC2)cc1. The minimum atomic E-state index is -0.198. The summed E-state index contributed by atoms with van der Waals surface area (Å²) >= 11 is 0. The number of ether oxygens (including phenoxy) is 2. The number of carbonyl (C=O) groups is 2. The first kappa shape index (κ1) is 49.7. The summed E-state index contributed by atoms with van der Waals surface area (Å²) in [5.41, 5.74) is 7.58. The fraction of sp³-hybridized carbons (Fsp3) is 0.451. The second-order valence-corrected chi connectivity index (χ2v) is 17.5. The first-order valence-corrected chi connectivity index (χ1v) is 24.3. The molecule has 2 amide bonds. The Morgan fingerprint density at radius 2 is 1.04 bits per heavy atom. The predicted molar refractivity (Wildman–Crippen MR) is 268 cm³/mol.